The Morgan fingerprint density at radius 3 is 3.06 bits per heavy atom. The number of ether oxygens (including phenoxy) is 1. The second-order valence-corrected chi connectivity index (χ2v) is 4.51. The molecule has 2 rings (SSSR count). The second-order valence-electron chi connectivity index (χ2n) is 4.12. The molecule has 4 nitrogen and oxygen atoms in total. The normalized spacial score (nSPS) is 24.9. The molecule has 2 N–H and O–H groups in total. The summed E-state index contributed by atoms with van der Waals surface area (Å²) in [4.78, 5) is 3.99. The molecule has 1 aromatic heterocycles. The van der Waals surface area contributed by atoms with E-state index in [-0.39, 0.29) is 0 Å². The van der Waals surface area contributed by atoms with Crippen molar-refractivity contribution in [3.63, 3.8) is 0 Å². The van der Waals surface area contributed by atoms with Gasteiger partial charge >= 0.3 is 0 Å². The average molecular weight is 243 g/mol. The topological polar surface area (TPSA) is 54.4 Å². The average Bonchev–Trinajstić information content (AvgIpc) is 2.69. The molecule has 0 spiro atoms. The molecule has 0 saturated carbocycles. The molecule has 5 heteroatoms. The van der Waals surface area contributed by atoms with Gasteiger partial charge < -0.3 is 15.2 Å². The lowest BCUT2D eigenvalue weighted by Gasteiger charge is -2.20. The maximum absolute atomic E-state index is 9.99. The molecule has 88 valence electrons. The summed E-state index contributed by atoms with van der Waals surface area (Å²) < 4.78 is 5.16. The molecule has 1 saturated heterocycles. The Morgan fingerprint density at radius 1 is 1.56 bits per heavy atom. The predicted molar refractivity (Wildman–Crippen MR) is 61.3 cm³/mol. The van der Waals surface area contributed by atoms with Crippen LogP contribution < -0.4 is 5.32 Å². The number of hydrogen-bond donors (Lipinski definition) is 2. The molecule has 1 aliphatic heterocycles. The molecule has 0 radical (unpaired) electrons. The molecule has 0 amide bonds. The minimum atomic E-state index is -0.708. The number of halogens is 1. The van der Waals surface area contributed by atoms with E-state index in [2.05, 4.69) is 10.3 Å². The third kappa shape index (κ3) is 3.15. The van der Waals surface area contributed by atoms with Crippen molar-refractivity contribution in [2.24, 2.45) is 0 Å². The van der Waals surface area contributed by atoms with Crippen molar-refractivity contribution in [3.05, 3.63) is 29.0 Å². The third-order valence-electron chi connectivity index (χ3n) is 2.65. The fourth-order valence-electron chi connectivity index (χ4n) is 1.69. The lowest BCUT2D eigenvalue weighted by molar-refractivity contribution is 0.0268. The van der Waals surface area contributed by atoms with Crippen LogP contribution in [0.15, 0.2) is 18.3 Å². The largest absolute Gasteiger partial charge is 0.386 e. The number of nitrogens with one attached hydrogen (secondary N) is 1. The summed E-state index contributed by atoms with van der Waals surface area (Å²) in [5.74, 6) is 0. The van der Waals surface area contributed by atoms with Crippen LogP contribution in [0.2, 0.25) is 5.15 Å². The zero-order valence-electron chi connectivity index (χ0n) is 8.95. The van der Waals surface area contributed by atoms with Crippen LogP contribution in [0.4, 0.5) is 0 Å². The Labute approximate surface area is 99.6 Å². The number of rotatable bonds is 4. The van der Waals surface area contributed by atoms with E-state index < -0.39 is 5.60 Å². The van der Waals surface area contributed by atoms with Gasteiger partial charge in [0.25, 0.3) is 0 Å². The van der Waals surface area contributed by atoms with Crippen molar-refractivity contribution in [2.75, 3.05) is 19.8 Å². The van der Waals surface area contributed by atoms with Gasteiger partial charge in [-0.2, -0.15) is 0 Å². The summed E-state index contributed by atoms with van der Waals surface area (Å²) in [6.07, 6.45) is 2.42. The van der Waals surface area contributed by atoms with E-state index >= 15 is 0 Å². The first kappa shape index (κ1) is 11.8. The van der Waals surface area contributed by atoms with Gasteiger partial charge in [-0.1, -0.05) is 17.7 Å². The van der Waals surface area contributed by atoms with Gasteiger partial charge in [-0.25, -0.2) is 4.98 Å². The summed E-state index contributed by atoms with van der Waals surface area (Å²) in [6, 6.07) is 3.67. The minimum absolute atomic E-state index is 0.416. The molecule has 1 aromatic rings. The van der Waals surface area contributed by atoms with Gasteiger partial charge in [0.1, 0.15) is 10.8 Å². The zero-order chi connectivity index (χ0) is 11.4. The van der Waals surface area contributed by atoms with E-state index in [0.29, 0.717) is 37.9 Å². The first-order valence-corrected chi connectivity index (χ1v) is 5.67. The van der Waals surface area contributed by atoms with Crippen LogP contribution in [0.5, 0.6) is 0 Å². The summed E-state index contributed by atoms with van der Waals surface area (Å²) in [6.45, 7) is 2.27. The van der Waals surface area contributed by atoms with Gasteiger partial charge in [0, 0.05) is 32.3 Å². The molecule has 2 heterocycles. The number of aliphatic hydroxyl groups is 1. The van der Waals surface area contributed by atoms with Crippen LogP contribution in [0.1, 0.15) is 12.0 Å². The smallest absolute Gasteiger partial charge is 0.129 e. The molecule has 1 fully saturated rings. The molecule has 0 aliphatic carbocycles. The van der Waals surface area contributed by atoms with Crippen LogP contribution in [0.25, 0.3) is 0 Å². The van der Waals surface area contributed by atoms with E-state index in [1.54, 1.807) is 12.3 Å². The molecule has 16 heavy (non-hydrogen) atoms. The van der Waals surface area contributed by atoms with Gasteiger partial charge in [-0.3, -0.25) is 0 Å². The highest BCUT2D eigenvalue weighted by molar-refractivity contribution is 6.29. The molecule has 1 aliphatic rings. The quantitative estimate of drug-likeness (QED) is 0.773. The van der Waals surface area contributed by atoms with Gasteiger partial charge in [-0.05, 0) is 11.6 Å². The summed E-state index contributed by atoms with van der Waals surface area (Å²) in [5.41, 5.74) is 0.340. The van der Waals surface area contributed by atoms with Crippen LogP contribution in [-0.2, 0) is 11.3 Å². The first-order chi connectivity index (χ1) is 7.68. The lowest BCUT2D eigenvalue weighted by atomic mass is 10.0. The Bertz CT molecular complexity index is 336. The highest BCUT2D eigenvalue weighted by atomic mass is 35.5. The maximum atomic E-state index is 9.99. The van der Waals surface area contributed by atoms with E-state index in [4.69, 9.17) is 16.3 Å². The summed E-state index contributed by atoms with van der Waals surface area (Å²) in [5, 5.41) is 13.7. The van der Waals surface area contributed by atoms with Gasteiger partial charge in [0.05, 0.1) is 6.61 Å². The number of pyridine rings is 1. The Hall–Kier alpha value is -0.680. The van der Waals surface area contributed by atoms with Crippen molar-refractivity contribution in [1.82, 2.24) is 10.3 Å². The monoisotopic (exact) mass is 242 g/mol. The minimum Gasteiger partial charge on any atom is -0.386 e. The molecular formula is C11H15ClN2O2. The van der Waals surface area contributed by atoms with E-state index in [1.807, 2.05) is 6.07 Å². The van der Waals surface area contributed by atoms with Crippen molar-refractivity contribution in [1.29, 1.82) is 0 Å². The Balaban J connectivity index is 1.77. The second kappa shape index (κ2) is 5.10. The highest BCUT2D eigenvalue weighted by Crippen LogP contribution is 2.17. The van der Waals surface area contributed by atoms with Crippen LogP contribution in [-0.4, -0.2) is 35.5 Å². The van der Waals surface area contributed by atoms with Crippen molar-refractivity contribution in [3.8, 4) is 0 Å². The fourth-order valence-corrected chi connectivity index (χ4v) is 1.80. The SMILES string of the molecule is OC1(CNCc2ccc(Cl)nc2)CCOC1. The van der Waals surface area contributed by atoms with Crippen molar-refractivity contribution in [2.45, 2.75) is 18.6 Å². The van der Waals surface area contributed by atoms with Gasteiger partial charge in [0.2, 0.25) is 0 Å². The Morgan fingerprint density at radius 2 is 2.44 bits per heavy atom. The summed E-state index contributed by atoms with van der Waals surface area (Å²) in [7, 11) is 0. The third-order valence-corrected chi connectivity index (χ3v) is 2.88. The maximum Gasteiger partial charge on any atom is 0.129 e. The van der Waals surface area contributed by atoms with E-state index in [9.17, 15) is 5.11 Å². The fraction of sp³-hybridized carbons (Fsp3) is 0.545. The standard InChI is InChI=1S/C11H15ClN2O2/c12-10-2-1-9(6-14-10)5-13-7-11(15)3-4-16-8-11/h1-2,6,13,15H,3-5,7-8H2. The zero-order valence-corrected chi connectivity index (χ0v) is 9.70. The number of aromatic nitrogens is 1. The number of hydrogen-bond acceptors (Lipinski definition) is 4. The van der Waals surface area contributed by atoms with Crippen LogP contribution in [0, 0.1) is 0 Å². The molecular weight excluding hydrogens is 228 g/mol. The summed E-state index contributed by atoms with van der Waals surface area (Å²) >= 11 is 5.68. The van der Waals surface area contributed by atoms with E-state index in [0.717, 1.165) is 5.56 Å². The van der Waals surface area contributed by atoms with Crippen LogP contribution in [0.3, 0.4) is 0 Å². The van der Waals surface area contributed by atoms with Crippen LogP contribution >= 0.6 is 11.6 Å². The molecule has 1 unspecified atom stereocenters. The first-order valence-electron chi connectivity index (χ1n) is 5.29. The van der Waals surface area contributed by atoms with Gasteiger partial charge in [0.15, 0.2) is 0 Å². The molecule has 0 bridgehead atoms. The lowest BCUT2D eigenvalue weighted by Crippen LogP contribution is -2.40. The Kier molecular flexibility index (Phi) is 3.76. The van der Waals surface area contributed by atoms with Crippen molar-refractivity contribution < 1.29 is 9.84 Å². The highest BCUT2D eigenvalue weighted by Gasteiger charge is 2.31. The van der Waals surface area contributed by atoms with E-state index in [1.165, 1.54) is 0 Å². The molecule has 1 atom stereocenters. The van der Waals surface area contributed by atoms with Crippen molar-refractivity contribution >= 4 is 11.6 Å². The molecule has 0 aromatic carbocycles. The number of nitrogens with zero attached hydrogens (tertiary/aromatic N) is 1. The van der Waals surface area contributed by atoms with Gasteiger partial charge in [-0.15, -0.1) is 0 Å². The predicted octanol–water partition coefficient (Wildman–Crippen LogP) is 0.976.